The number of anilines is 1. The average Bonchev–Trinajstić information content (AvgIpc) is 2.42. The van der Waals surface area contributed by atoms with Crippen LogP contribution in [-0.4, -0.2) is 31.7 Å². The van der Waals surface area contributed by atoms with Crippen molar-refractivity contribution in [3.8, 4) is 5.75 Å². The minimum Gasteiger partial charge on any atom is -0.494 e. The maximum atomic E-state index is 11.0. The van der Waals surface area contributed by atoms with Gasteiger partial charge in [-0.05, 0) is 19.5 Å². The number of nitro groups is 1. The quantitative estimate of drug-likeness (QED) is 0.558. The Morgan fingerprint density at radius 3 is 2.74 bits per heavy atom. The van der Waals surface area contributed by atoms with Gasteiger partial charge in [-0.15, -0.1) is 0 Å². The van der Waals surface area contributed by atoms with Crippen molar-refractivity contribution in [2.24, 2.45) is 0 Å². The van der Waals surface area contributed by atoms with Crippen LogP contribution in [0.1, 0.15) is 19.8 Å². The zero-order chi connectivity index (χ0) is 14.3. The fourth-order valence-corrected chi connectivity index (χ4v) is 1.94. The Labute approximate surface area is 113 Å². The second-order valence-electron chi connectivity index (χ2n) is 4.27. The van der Waals surface area contributed by atoms with E-state index in [2.05, 4.69) is 17.6 Å². The van der Waals surface area contributed by atoms with E-state index < -0.39 is 4.92 Å². The predicted octanol–water partition coefficient (Wildman–Crippen LogP) is 2.40. The highest BCUT2D eigenvalue weighted by atomic mass is 16.6. The van der Waals surface area contributed by atoms with Crippen molar-refractivity contribution in [2.75, 3.05) is 26.0 Å². The van der Waals surface area contributed by atoms with Crippen LogP contribution in [0.3, 0.4) is 0 Å². The molecule has 1 aromatic rings. The molecule has 0 aliphatic rings. The maximum absolute atomic E-state index is 11.0. The van der Waals surface area contributed by atoms with Crippen molar-refractivity contribution in [1.82, 2.24) is 5.32 Å². The average molecular weight is 267 g/mol. The maximum Gasteiger partial charge on any atom is 0.296 e. The normalized spacial score (nSPS) is 11.9. The minimum atomic E-state index is -0.404. The summed E-state index contributed by atoms with van der Waals surface area (Å²) >= 11 is 0. The molecule has 1 aromatic carbocycles. The minimum absolute atomic E-state index is 0.0331. The predicted molar refractivity (Wildman–Crippen MR) is 75.9 cm³/mol. The number of hydrogen-bond acceptors (Lipinski definition) is 5. The number of para-hydroxylation sites is 1. The zero-order valence-corrected chi connectivity index (χ0v) is 11.6. The molecule has 1 atom stereocenters. The van der Waals surface area contributed by atoms with Crippen molar-refractivity contribution >= 4 is 11.4 Å². The van der Waals surface area contributed by atoms with E-state index >= 15 is 0 Å². The Kier molecular flexibility index (Phi) is 6.08. The van der Waals surface area contributed by atoms with E-state index in [1.165, 1.54) is 13.2 Å². The van der Waals surface area contributed by atoms with Gasteiger partial charge >= 0.3 is 0 Å². The monoisotopic (exact) mass is 267 g/mol. The number of hydrogen-bond donors (Lipinski definition) is 2. The summed E-state index contributed by atoms with van der Waals surface area (Å²) in [6.45, 7) is 2.72. The van der Waals surface area contributed by atoms with Crippen LogP contribution in [0.5, 0.6) is 5.75 Å². The molecular weight excluding hydrogens is 246 g/mol. The summed E-state index contributed by atoms with van der Waals surface area (Å²) in [5.74, 6) is 0.487. The first-order valence-corrected chi connectivity index (χ1v) is 6.36. The molecule has 19 heavy (non-hydrogen) atoms. The lowest BCUT2D eigenvalue weighted by Gasteiger charge is -2.18. The molecule has 0 amide bonds. The van der Waals surface area contributed by atoms with E-state index in [-0.39, 0.29) is 11.7 Å². The van der Waals surface area contributed by atoms with E-state index in [9.17, 15) is 10.1 Å². The highest BCUT2D eigenvalue weighted by Gasteiger charge is 2.18. The molecule has 0 fully saturated rings. The van der Waals surface area contributed by atoms with Gasteiger partial charge in [0.2, 0.25) is 0 Å². The van der Waals surface area contributed by atoms with Crippen molar-refractivity contribution in [2.45, 2.75) is 25.8 Å². The fraction of sp³-hybridized carbons (Fsp3) is 0.538. The summed E-state index contributed by atoms with van der Waals surface area (Å²) in [4.78, 5) is 10.6. The lowest BCUT2D eigenvalue weighted by Crippen LogP contribution is -2.32. The van der Waals surface area contributed by atoms with Gasteiger partial charge in [-0.1, -0.05) is 19.4 Å². The number of benzene rings is 1. The van der Waals surface area contributed by atoms with Crippen LogP contribution in [0.4, 0.5) is 11.4 Å². The summed E-state index contributed by atoms with van der Waals surface area (Å²) < 4.78 is 5.17. The molecule has 0 aliphatic heterocycles. The smallest absolute Gasteiger partial charge is 0.296 e. The number of nitrogens with zero attached hydrogens (tertiary/aromatic N) is 1. The van der Waals surface area contributed by atoms with E-state index in [0.717, 1.165) is 12.8 Å². The van der Waals surface area contributed by atoms with Gasteiger partial charge in [0.15, 0.2) is 5.69 Å². The summed E-state index contributed by atoms with van der Waals surface area (Å²) in [6.07, 6.45) is 2.06. The molecule has 2 N–H and O–H groups in total. The summed E-state index contributed by atoms with van der Waals surface area (Å²) in [7, 11) is 3.39. The molecule has 0 heterocycles. The van der Waals surface area contributed by atoms with Crippen molar-refractivity contribution in [3.63, 3.8) is 0 Å². The molecule has 1 rings (SSSR count). The second-order valence-corrected chi connectivity index (χ2v) is 4.27. The Bertz CT molecular complexity index is 424. The first-order chi connectivity index (χ1) is 9.13. The van der Waals surface area contributed by atoms with Crippen LogP contribution >= 0.6 is 0 Å². The van der Waals surface area contributed by atoms with Gasteiger partial charge in [-0.2, -0.15) is 0 Å². The van der Waals surface area contributed by atoms with E-state index in [1.807, 2.05) is 7.05 Å². The number of nitrogens with one attached hydrogen (secondary N) is 2. The molecule has 1 unspecified atom stereocenters. The molecule has 0 saturated heterocycles. The molecule has 0 bridgehead atoms. The lowest BCUT2D eigenvalue weighted by molar-refractivity contribution is -0.384. The zero-order valence-electron chi connectivity index (χ0n) is 11.6. The molecule has 0 spiro atoms. The molecule has 0 saturated carbocycles. The lowest BCUT2D eigenvalue weighted by atomic mass is 10.1. The summed E-state index contributed by atoms with van der Waals surface area (Å²) in [6, 6.07) is 5.07. The van der Waals surface area contributed by atoms with Crippen LogP contribution in [0.25, 0.3) is 0 Å². The Hall–Kier alpha value is -1.82. The highest BCUT2D eigenvalue weighted by Crippen LogP contribution is 2.33. The van der Waals surface area contributed by atoms with Crippen LogP contribution in [0.2, 0.25) is 0 Å². The standard InChI is InChI=1S/C13H21N3O3/c1-4-6-10(14-2)9-15-13-11(16(17)18)7-5-8-12(13)19-3/h5,7-8,10,14-15H,4,6,9H2,1-3H3. The highest BCUT2D eigenvalue weighted by molar-refractivity contribution is 5.70. The first-order valence-electron chi connectivity index (χ1n) is 6.36. The Morgan fingerprint density at radius 1 is 1.47 bits per heavy atom. The molecule has 6 heteroatoms. The molecule has 0 radical (unpaired) electrons. The van der Waals surface area contributed by atoms with Gasteiger partial charge in [0.05, 0.1) is 12.0 Å². The van der Waals surface area contributed by atoms with E-state index in [0.29, 0.717) is 18.0 Å². The van der Waals surface area contributed by atoms with Crippen LogP contribution in [0, 0.1) is 10.1 Å². The van der Waals surface area contributed by atoms with Crippen molar-refractivity contribution in [1.29, 1.82) is 0 Å². The largest absolute Gasteiger partial charge is 0.494 e. The third kappa shape index (κ3) is 4.10. The first kappa shape index (κ1) is 15.2. The van der Waals surface area contributed by atoms with E-state index in [1.54, 1.807) is 12.1 Å². The topological polar surface area (TPSA) is 76.4 Å². The molecule has 0 aliphatic carbocycles. The van der Waals surface area contributed by atoms with Crippen molar-refractivity contribution < 1.29 is 9.66 Å². The summed E-state index contributed by atoms with van der Waals surface area (Å²) in [5.41, 5.74) is 0.469. The second kappa shape index (κ2) is 7.58. The molecular formula is C13H21N3O3. The van der Waals surface area contributed by atoms with Crippen LogP contribution < -0.4 is 15.4 Å². The Morgan fingerprint density at radius 2 is 2.21 bits per heavy atom. The van der Waals surface area contributed by atoms with Gasteiger partial charge in [0, 0.05) is 18.7 Å². The SMILES string of the molecule is CCCC(CNc1c(OC)cccc1[N+](=O)[O-])NC. The number of ether oxygens (including phenoxy) is 1. The third-order valence-corrected chi connectivity index (χ3v) is 2.99. The van der Waals surface area contributed by atoms with E-state index in [4.69, 9.17) is 4.74 Å². The number of nitro benzene ring substituents is 1. The van der Waals surface area contributed by atoms with Crippen molar-refractivity contribution in [3.05, 3.63) is 28.3 Å². The van der Waals surface area contributed by atoms with Gasteiger partial charge in [-0.3, -0.25) is 10.1 Å². The van der Waals surface area contributed by atoms with Crippen LogP contribution in [0.15, 0.2) is 18.2 Å². The Balaban J connectivity index is 2.88. The van der Waals surface area contributed by atoms with Gasteiger partial charge in [0.25, 0.3) is 5.69 Å². The third-order valence-electron chi connectivity index (χ3n) is 2.99. The van der Waals surface area contributed by atoms with Gasteiger partial charge in [0.1, 0.15) is 5.75 Å². The number of methoxy groups -OCH3 is 1. The summed E-state index contributed by atoms with van der Waals surface area (Å²) in [5, 5.41) is 17.3. The fourth-order valence-electron chi connectivity index (χ4n) is 1.94. The van der Waals surface area contributed by atoms with Crippen LogP contribution in [-0.2, 0) is 0 Å². The van der Waals surface area contributed by atoms with Gasteiger partial charge < -0.3 is 15.4 Å². The molecule has 0 aromatic heterocycles. The molecule has 6 nitrogen and oxygen atoms in total. The number of rotatable bonds is 8. The number of likely N-dealkylation sites (N-methyl/N-ethyl adjacent to an activating group) is 1. The van der Waals surface area contributed by atoms with Gasteiger partial charge in [-0.25, -0.2) is 0 Å². The molecule has 106 valence electrons.